The molecule has 0 amide bonds. The maximum atomic E-state index is 10.3. The summed E-state index contributed by atoms with van der Waals surface area (Å²) in [5.74, 6) is -5.02. The SMILES string of the molecule is O=C(O)CC(O)(CC(=O)O)C(=O)O.[Ca+2].[Cl-].[Cl-]. The van der Waals surface area contributed by atoms with Crippen LogP contribution >= 0.6 is 0 Å². The van der Waals surface area contributed by atoms with Crippen LogP contribution in [0.5, 0.6) is 0 Å². The average molecular weight is 303 g/mol. The van der Waals surface area contributed by atoms with E-state index >= 15 is 0 Å². The van der Waals surface area contributed by atoms with Crippen molar-refractivity contribution < 1.29 is 59.6 Å². The summed E-state index contributed by atoms with van der Waals surface area (Å²) in [5.41, 5.74) is -2.74. The summed E-state index contributed by atoms with van der Waals surface area (Å²) < 4.78 is 0. The number of aliphatic hydroxyl groups is 1. The van der Waals surface area contributed by atoms with Crippen molar-refractivity contribution in [2.45, 2.75) is 18.4 Å². The van der Waals surface area contributed by atoms with Gasteiger partial charge in [-0.3, -0.25) is 9.59 Å². The molecule has 0 aromatic heterocycles. The number of carboxylic acid groups (broad SMARTS) is 3. The van der Waals surface area contributed by atoms with Gasteiger partial charge in [-0.25, -0.2) is 4.79 Å². The van der Waals surface area contributed by atoms with Gasteiger partial charge in [0.05, 0.1) is 12.8 Å². The van der Waals surface area contributed by atoms with E-state index in [1.165, 1.54) is 0 Å². The normalized spacial score (nSPS) is 8.81. The Bertz CT molecular complexity index is 241. The summed E-state index contributed by atoms with van der Waals surface area (Å²) in [5, 5.41) is 33.8. The van der Waals surface area contributed by atoms with Gasteiger partial charge in [0.25, 0.3) is 0 Å². The molecule has 0 saturated heterocycles. The second-order valence-corrected chi connectivity index (χ2v) is 2.48. The molecule has 4 N–H and O–H groups in total. The average Bonchev–Trinajstić information content (AvgIpc) is 1.82. The molecule has 0 rings (SSSR count). The molecule has 0 radical (unpaired) electrons. The minimum atomic E-state index is -2.74. The van der Waals surface area contributed by atoms with Crippen LogP contribution in [0.1, 0.15) is 12.8 Å². The second kappa shape index (κ2) is 10.4. The monoisotopic (exact) mass is 302 g/mol. The van der Waals surface area contributed by atoms with E-state index in [2.05, 4.69) is 0 Å². The Morgan fingerprint density at radius 1 is 0.875 bits per heavy atom. The van der Waals surface area contributed by atoms with Crippen LogP contribution in [0.3, 0.4) is 0 Å². The first-order valence-electron chi connectivity index (χ1n) is 3.17. The van der Waals surface area contributed by atoms with E-state index in [4.69, 9.17) is 20.4 Å². The van der Waals surface area contributed by atoms with Gasteiger partial charge in [-0.05, 0) is 0 Å². The quantitative estimate of drug-likeness (QED) is 0.371. The van der Waals surface area contributed by atoms with Gasteiger partial charge in [0.15, 0.2) is 5.60 Å². The van der Waals surface area contributed by atoms with Crippen LogP contribution in [0.4, 0.5) is 0 Å². The molecule has 0 aromatic rings. The molecule has 0 aliphatic heterocycles. The minimum absolute atomic E-state index is 0. The third kappa shape index (κ3) is 9.44. The van der Waals surface area contributed by atoms with Crippen molar-refractivity contribution in [2.24, 2.45) is 0 Å². The van der Waals surface area contributed by atoms with Crippen molar-refractivity contribution in [1.82, 2.24) is 0 Å². The molecular formula is C6H8CaCl2O7. The Morgan fingerprint density at radius 2 is 1.12 bits per heavy atom. The molecule has 7 nitrogen and oxygen atoms in total. The summed E-state index contributed by atoms with van der Waals surface area (Å²) >= 11 is 0. The first-order chi connectivity index (χ1) is 5.78. The molecule has 0 atom stereocenters. The molecule has 0 saturated carbocycles. The first kappa shape index (κ1) is 25.2. The molecule has 0 fully saturated rings. The fraction of sp³-hybridized carbons (Fsp3) is 0.500. The van der Waals surface area contributed by atoms with Crippen molar-refractivity contribution >= 4 is 55.6 Å². The molecule has 0 aliphatic rings. The number of carbonyl (C=O) groups is 3. The number of rotatable bonds is 5. The van der Waals surface area contributed by atoms with E-state index in [9.17, 15) is 14.4 Å². The molecule has 90 valence electrons. The first-order valence-corrected chi connectivity index (χ1v) is 3.17. The van der Waals surface area contributed by atoms with Crippen molar-refractivity contribution in [3.8, 4) is 0 Å². The molecule has 10 heteroatoms. The zero-order chi connectivity index (χ0) is 10.6. The van der Waals surface area contributed by atoms with E-state index in [0.717, 1.165) is 0 Å². The number of hydrogen-bond donors (Lipinski definition) is 4. The number of aliphatic carboxylic acids is 3. The molecule has 0 heterocycles. The van der Waals surface area contributed by atoms with Crippen LogP contribution in [0.15, 0.2) is 0 Å². The third-order valence-electron chi connectivity index (χ3n) is 1.29. The number of hydrogen-bond acceptors (Lipinski definition) is 4. The zero-order valence-corrected chi connectivity index (χ0v) is 11.6. The second-order valence-electron chi connectivity index (χ2n) is 2.48. The fourth-order valence-electron chi connectivity index (χ4n) is 0.714. The van der Waals surface area contributed by atoms with E-state index < -0.39 is 36.4 Å². The molecular weight excluding hydrogens is 295 g/mol. The van der Waals surface area contributed by atoms with Crippen LogP contribution in [0, 0.1) is 0 Å². The standard InChI is InChI=1S/C6H8O7.Ca.2ClH/c7-3(8)1-6(13,5(11)12)2-4(9)10;;;/h13H,1-2H2,(H,7,8)(H,9,10)(H,11,12);;2*1H/q;+2;;/p-2. The van der Waals surface area contributed by atoms with Crippen LogP contribution in [-0.2, 0) is 14.4 Å². The minimum Gasteiger partial charge on any atom is -1.00 e. The summed E-state index contributed by atoms with van der Waals surface area (Å²) in [6.45, 7) is 0. The molecule has 0 spiro atoms. The maximum Gasteiger partial charge on any atom is 2.00 e. The third-order valence-corrected chi connectivity index (χ3v) is 1.29. The molecule has 16 heavy (non-hydrogen) atoms. The van der Waals surface area contributed by atoms with Gasteiger partial charge in [0.2, 0.25) is 0 Å². The van der Waals surface area contributed by atoms with E-state index in [1.807, 2.05) is 0 Å². The molecule has 0 aliphatic carbocycles. The topological polar surface area (TPSA) is 132 Å². The Hall–Kier alpha value is 0.210. The summed E-state index contributed by atoms with van der Waals surface area (Å²) in [7, 11) is 0. The predicted octanol–water partition coefficient (Wildman–Crippen LogP) is -7.62. The van der Waals surface area contributed by atoms with Crippen molar-refractivity contribution in [3.63, 3.8) is 0 Å². The smallest absolute Gasteiger partial charge is 1.00 e. The van der Waals surface area contributed by atoms with E-state index in [1.54, 1.807) is 0 Å². The zero-order valence-electron chi connectivity index (χ0n) is 7.89. The van der Waals surface area contributed by atoms with Gasteiger partial charge in [0, 0.05) is 0 Å². The van der Waals surface area contributed by atoms with E-state index in [-0.39, 0.29) is 62.6 Å². The summed E-state index contributed by atoms with van der Waals surface area (Å²) in [6.07, 6.45) is -2.29. The van der Waals surface area contributed by atoms with Crippen molar-refractivity contribution in [2.75, 3.05) is 0 Å². The van der Waals surface area contributed by atoms with Crippen molar-refractivity contribution in [1.29, 1.82) is 0 Å². The van der Waals surface area contributed by atoms with Gasteiger partial charge >= 0.3 is 55.6 Å². The Balaban J connectivity index is -0.000000240. The van der Waals surface area contributed by atoms with Gasteiger partial charge in [0.1, 0.15) is 0 Å². The van der Waals surface area contributed by atoms with Crippen LogP contribution in [-0.4, -0.2) is 81.7 Å². The summed E-state index contributed by atoms with van der Waals surface area (Å²) in [6, 6.07) is 0. The molecule has 0 bridgehead atoms. The Morgan fingerprint density at radius 3 is 1.25 bits per heavy atom. The van der Waals surface area contributed by atoms with Gasteiger partial charge in [-0.1, -0.05) is 0 Å². The predicted molar refractivity (Wildman–Crippen MR) is 42.8 cm³/mol. The summed E-state index contributed by atoms with van der Waals surface area (Å²) in [4.78, 5) is 30.5. The van der Waals surface area contributed by atoms with Gasteiger partial charge in [-0.2, -0.15) is 0 Å². The Kier molecular flexibility index (Phi) is 16.3. The van der Waals surface area contributed by atoms with Crippen molar-refractivity contribution in [3.05, 3.63) is 0 Å². The Labute approximate surface area is 133 Å². The number of halogens is 2. The van der Waals surface area contributed by atoms with Crippen LogP contribution < -0.4 is 24.8 Å². The van der Waals surface area contributed by atoms with Gasteiger partial charge < -0.3 is 45.2 Å². The van der Waals surface area contributed by atoms with Gasteiger partial charge in [-0.15, -0.1) is 0 Å². The molecule has 0 unspecified atom stereocenters. The largest absolute Gasteiger partial charge is 2.00 e. The number of carboxylic acids is 3. The maximum absolute atomic E-state index is 10.3. The van der Waals surface area contributed by atoms with Crippen LogP contribution in [0.2, 0.25) is 0 Å². The molecule has 0 aromatic carbocycles. The van der Waals surface area contributed by atoms with Crippen LogP contribution in [0.25, 0.3) is 0 Å². The fourth-order valence-corrected chi connectivity index (χ4v) is 0.714. The van der Waals surface area contributed by atoms with E-state index in [0.29, 0.717) is 0 Å².